The molecule has 0 aliphatic carbocycles. The molecule has 2 N–H and O–H groups in total. The molecule has 0 radical (unpaired) electrons. The lowest BCUT2D eigenvalue weighted by molar-refractivity contribution is 0.0701. The third-order valence-electron chi connectivity index (χ3n) is 2.75. The largest absolute Gasteiger partial charge is 0.477 e. The van der Waals surface area contributed by atoms with E-state index in [0.717, 1.165) is 0 Å². The SMILES string of the molecule is O=C(O)c1sccc1CNC1CCS(=O)(=O)C1. The van der Waals surface area contributed by atoms with Crippen molar-refractivity contribution in [1.29, 1.82) is 0 Å². The van der Waals surface area contributed by atoms with E-state index in [1.54, 1.807) is 11.4 Å². The van der Waals surface area contributed by atoms with Gasteiger partial charge < -0.3 is 10.4 Å². The van der Waals surface area contributed by atoms with Gasteiger partial charge in [-0.15, -0.1) is 11.3 Å². The summed E-state index contributed by atoms with van der Waals surface area (Å²) < 4.78 is 22.5. The number of nitrogens with one attached hydrogen (secondary N) is 1. The molecule has 1 aliphatic heterocycles. The molecule has 1 atom stereocenters. The molecule has 0 aromatic carbocycles. The minimum absolute atomic E-state index is 0.0541. The van der Waals surface area contributed by atoms with E-state index in [4.69, 9.17) is 5.11 Å². The summed E-state index contributed by atoms with van der Waals surface area (Å²) in [5, 5.41) is 13.7. The number of rotatable bonds is 4. The maximum absolute atomic E-state index is 11.2. The van der Waals surface area contributed by atoms with E-state index in [2.05, 4.69) is 5.32 Å². The molecule has 1 fully saturated rings. The van der Waals surface area contributed by atoms with Crippen LogP contribution in [0.5, 0.6) is 0 Å². The van der Waals surface area contributed by atoms with E-state index >= 15 is 0 Å². The Hall–Kier alpha value is -0.920. The Labute approximate surface area is 103 Å². The Morgan fingerprint density at radius 1 is 1.59 bits per heavy atom. The van der Waals surface area contributed by atoms with Crippen molar-refractivity contribution < 1.29 is 18.3 Å². The van der Waals surface area contributed by atoms with Gasteiger partial charge in [0.2, 0.25) is 0 Å². The Bertz CT molecular complexity index is 520. The summed E-state index contributed by atoms with van der Waals surface area (Å²) in [5.41, 5.74) is 0.715. The van der Waals surface area contributed by atoms with Crippen LogP contribution in [0, 0.1) is 0 Å². The number of carbonyl (C=O) groups is 1. The molecule has 5 nitrogen and oxygen atoms in total. The van der Waals surface area contributed by atoms with E-state index in [-0.39, 0.29) is 17.5 Å². The molecular formula is C10H13NO4S2. The van der Waals surface area contributed by atoms with Crippen molar-refractivity contribution in [3.8, 4) is 0 Å². The molecule has 1 aromatic rings. The summed E-state index contributed by atoms with van der Waals surface area (Å²) in [6.45, 7) is 0.408. The fraction of sp³-hybridized carbons (Fsp3) is 0.500. The normalized spacial score (nSPS) is 22.7. The highest BCUT2D eigenvalue weighted by Gasteiger charge is 2.27. The van der Waals surface area contributed by atoms with E-state index in [1.165, 1.54) is 11.3 Å². The van der Waals surface area contributed by atoms with Gasteiger partial charge in [0.15, 0.2) is 9.84 Å². The average Bonchev–Trinajstić information content (AvgIpc) is 2.81. The molecule has 94 valence electrons. The van der Waals surface area contributed by atoms with Gasteiger partial charge in [-0.2, -0.15) is 0 Å². The summed E-state index contributed by atoms with van der Waals surface area (Å²) in [4.78, 5) is 11.2. The predicted octanol–water partition coefficient (Wildman–Crippen LogP) is 0.723. The summed E-state index contributed by atoms with van der Waals surface area (Å²) in [6.07, 6.45) is 0.606. The van der Waals surface area contributed by atoms with Crippen molar-refractivity contribution in [2.75, 3.05) is 11.5 Å². The highest BCUT2D eigenvalue weighted by molar-refractivity contribution is 7.91. The van der Waals surface area contributed by atoms with Crippen LogP contribution in [0.1, 0.15) is 21.7 Å². The Balaban J connectivity index is 1.95. The highest BCUT2D eigenvalue weighted by atomic mass is 32.2. The average molecular weight is 275 g/mol. The number of thiophene rings is 1. The van der Waals surface area contributed by atoms with E-state index in [1.807, 2.05) is 0 Å². The molecule has 1 unspecified atom stereocenters. The molecule has 0 spiro atoms. The molecular weight excluding hydrogens is 262 g/mol. The quantitative estimate of drug-likeness (QED) is 0.846. The van der Waals surface area contributed by atoms with Crippen molar-refractivity contribution in [2.45, 2.75) is 19.0 Å². The zero-order valence-electron chi connectivity index (χ0n) is 9.05. The molecule has 1 aromatic heterocycles. The first-order valence-corrected chi connectivity index (χ1v) is 7.91. The minimum Gasteiger partial charge on any atom is -0.477 e. The fourth-order valence-corrected chi connectivity index (χ4v) is 4.34. The topological polar surface area (TPSA) is 83.5 Å². The third kappa shape index (κ3) is 3.05. The monoisotopic (exact) mass is 275 g/mol. The molecule has 0 saturated carbocycles. The number of sulfone groups is 1. The first-order valence-electron chi connectivity index (χ1n) is 5.21. The van der Waals surface area contributed by atoms with Crippen LogP contribution in [0.4, 0.5) is 0 Å². The lowest BCUT2D eigenvalue weighted by Gasteiger charge is -2.09. The van der Waals surface area contributed by atoms with Gasteiger partial charge >= 0.3 is 5.97 Å². The zero-order valence-corrected chi connectivity index (χ0v) is 10.7. The Morgan fingerprint density at radius 3 is 2.94 bits per heavy atom. The van der Waals surface area contributed by atoms with Crippen LogP contribution in [-0.2, 0) is 16.4 Å². The lowest BCUT2D eigenvalue weighted by Crippen LogP contribution is -2.29. The number of hydrogen-bond acceptors (Lipinski definition) is 5. The van der Waals surface area contributed by atoms with Gasteiger partial charge in [0.05, 0.1) is 11.5 Å². The minimum atomic E-state index is -2.89. The maximum Gasteiger partial charge on any atom is 0.346 e. The number of hydrogen-bond donors (Lipinski definition) is 2. The predicted molar refractivity (Wildman–Crippen MR) is 65.2 cm³/mol. The summed E-state index contributed by atoms with van der Waals surface area (Å²) in [5.74, 6) is -0.560. The molecule has 1 aliphatic rings. The van der Waals surface area contributed by atoms with Crippen LogP contribution < -0.4 is 5.32 Å². The molecule has 2 rings (SSSR count). The second kappa shape index (κ2) is 4.75. The number of carboxylic acids is 1. The standard InChI is InChI=1S/C10H13NO4S2/c12-10(13)9-7(1-3-16-9)5-11-8-2-4-17(14,15)6-8/h1,3,8,11H,2,4-6H2,(H,12,13). The second-order valence-corrected chi connectivity index (χ2v) is 7.21. The third-order valence-corrected chi connectivity index (χ3v) is 5.47. The van der Waals surface area contributed by atoms with Gasteiger partial charge in [0.25, 0.3) is 0 Å². The molecule has 7 heteroatoms. The van der Waals surface area contributed by atoms with Gasteiger partial charge in [-0.25, -0.2) is 13.2 Å². The summed E-state index contributed by atoms with van der Waals surface area (Å²) in [6, 6.07) is 1.70. The first-order chi connectivity index (χ1) is 7.98. The van der Waals surface area contributed by atoms with Crippen molar-refractivity contribution >= 4 is 27.1 Å². The van der Waals surface area contributed by atoms with Crippen LogP contribution in [-0.4, -0.2) is 37.0 Å². The second-order valence-electron chi connectivity index (χ2n) is 4.06. The van der Waals surface area contributed by atoms with Crippen LogP contribution in [0.25, 0.3) is 0 Å². The Morgan fingerprint density at radius 2 is 2.35 bits per heavy atom. The van der Waals surface area contributed by atoms with Gasteiger partial charge in [-0.1, -0.05) is 0 Å². The van der Waals surface area contributed by atoms with Crippen LogP contribution in [0.3, 0.4) is 0 Å². The zero-order chi connectivity index (χ0) is 12.5. The highest BCUT2D eigenvalue weighted by Crippen LogP contribution is 2.18. The molecule has 2 heterocycles. The van der Waals surface area contributed by atoms with E-state index < -0.39 is 15.8 Å². The molecule has 0 bridgehead atoms. The first kappa shape index (κ1) is 12.5. The van der Waals surface area contributed by atoms with Crippen molar-refractivity contribution in [2.24, 2.45) is 0 Å². The lowest BCUT2D eigenvalue weighted by atomic mass is 10.2. The van der Waals surface area contributed by atoms with Gasteiger partial charge in [-0.3, -0.25) is 0 Å². The van der Waals surface area contributed by atoms with Crippen molar-refractivity contribution in [1.82, 2.24) is 5.32 Å². The van der Waals surface area contributed by atoms with E-state index in [9.17, 15) is 13.2 Å². The molecule has 0 amide bonds. The summed E-state index contributed by atoms with van der Waals surface area (Å²) in [7, 11) is -2.89. The molecule has 17 heavy (non-hydrogen) atoms. The maximum atomic E-state index is 11.2. The van der Waals surface area contributed by atoms with Crippen LogP contribution in [0.2, 0.25) is 0 Å². The number of carboxylic acid groups (broad SMARTS) is 1. The van der Waals surface area contributed by atoms with E-state index in [0.29, 0.717) is 23.4 Å². The number of aromatic carboxylic acids is 1. The molecule has 1 saturated heterocycles. The van der Waals surface area contributed by atoms with Crippen molar-refractivity contribution in [3.05, 3.63) is 21.9 Å². The summed E-state index contributed by atoms with van der Waals surface area (Å²) >= 11 is 1.18. The van der Waals surface area contributed by atoms with Crippen molar-refractivity contribution in [3.63, 3.8) is 0 Å². The fourth-order valence-electron chi connectivity index (χ4n) is 1.87. The smallest absolute Gasteiger partial charge is 0.346 e. The van der Waals surface area contributed by atoms with Gasteiger partial charge in [-0.05, 0) is 23.4 Å². The van der Waals surface area contributed by atoms with Gasteiger partial charge in [0, 0.05) is 12.6 Å². The van der Waals surface area contributed by atoms with Crippen LogP contribution in [0.15, 0.2) is 11.4 Å². The van der Waals surface area contributed by atoms with Gasteiger partial charge in [0.1, 0.15) is 4.88 Å². The van der Waals surface area contributed by atoms with Crippen LogP contribution >= 0.6 is 11.3 Å². The Kier molecular flexibility index (Phi) is 3.50.